The molecule has 1 aliphatic heterocycles. The molecule has 0 unspecified atom stereocenters. The third kappa shape index (κ3) is 2.25. The summed E-state index contributed by atoms with van der Waals surface area (Å²) in [4.78, 5) is 12.3. The SMILES string of the molecule is [2H]c1sc2c(c1[2H])C(=C1C([2H])([2H])C([2H])([2H])N(C([2H])([2H])[2H])C([2H])([2H])C1([2H])[2H])c1c([2H])c([2H])c([2H])c([2H])c1CC2=O. The van der Waals surface area contributed by atoms with Crippen LogP contribution in [0.5, 0.6) is 0 Å². The maximum absolute atomic E-state index is 13.2. The van der Waals surface area contributed by atoms with Crippen LogP contribution in [0.3, 0.4) is 0 Å². The van der Waals surface area contributed by atoms with Crippen LogP contribution in [-0.4, -0.2) is 30.7 Å². The van der Waals surface area contributed by atoms with Crippen molar-refractivity contribution in [1.29, 1.82) is 0 Å². The van der Waals surface area contributed by atoms with Crippen molar-refractivity contribution in [3.63, 3.8) is 0 Å². The molecule has 1 aliphatic carbocycles. The molecule has 22 heavy (non-hydrogen) atoms. The molecule has 1 saturated heterocycles. The van der Waals surface area contributed by atoms with Gasteiger partial charge in [0.2, 0.25) is 0 Å². The fraction of sp³-hybridized carbons (Fsp3) is 0.316. The second kappa shape index (κ2) is 5.49. The van der Waals surface area contributed by atoms with E-state index >= 15 is 0 Å². The first kappa shape index (κ1) is 4.65. The predicted octanol–water partition coefficient (Wildman–Crippen LogP) is 4.01. The van der Waals surface area contributed by atoms with Gasteiger partial charge in [-0.3, -0.25) is 4.79 Å². The van der Waals surface area contributed by atoms with Gasteiger partial charge in [-0.15, -0.1) is 11.3 Å². The van der Waals surface area contributed by atoms with E-state index in [-0.39, 0.29) is 0 Å². The normalized spacial score (nSPS) is 39.8. The monoisotopic (exact) mass is 326 g/mol. The molecule has 1 aromatic heterocycles. The number of carbonyl (C=O) groups is 1. The summed E-state index contributed by atoms with van der Waals surface area (Å²) in [5.74, 6) is -0.837. The highest BCUT2D eigenvalue weighted by Crippen LogP contribution is 2.40. The van der Waals surface area contributed by atoms with Crippen molar-refractivity contribution >= 4 is 22.7 Å². The van der Waals surface area contributed by atoms with E-state index in [1.54, 1.807) is 0 Å². The molecule has 3 heteroatoms. The Hall–Kier alpha value is -1.71. The molecule has 1 fully saturated rings. The number of Topliss-reactive ketones (excluding diaryl/α,β-unsaturated/α-hetero) is 1. The lowest BCUT2D eigenvalue weighted by Crippen LogP contribution is -2.27. The first-order valence-electron chi connectivity index (χ1n) is 14.7. The number of nitrogens with zero attached hydrogens (tertiary/aromatic N) is 1. The smallest absolute Gasteiger partial charge is 0.177 e. The van der Waals surface area contributed by atoms with Crippen LogP contribution in [0.4, 0.5) is 0 Å². The molecule has 4 rings (SSSR count). The fourth-order valence-corrected chi connectivity index (χ4v) is 3.01. The molecular formula is C19H19NOS. The highest BCUT2D eigenvalue weighted by atomic mass is 32.1. The van der Waals surface area contributed by atoms with Crippen molar-refractivity contribution < 1.29 is 28.1 Å². The maximum Gasteiger partial charge on any atom is 0.177 e. The van der Waals surface area contributed by atoms with Gasteiger partial charge in [0, 0.05) is 40.1 Å². The Morgan fingerprint density at radius 2 is 2.05 bits per heavy atom. The Morgan fingerprint density at radius 3 is 2.86 bits per heavy atom. The first-order chi connectivity index (χ1) is 17.5. The zero-order valence-corrected chi connectivity index (χ0v) is 11.8. The van der Waals surface area contributed by atoms with Gasteiger partial charge in [-0.2, -0.15) is 0 Å². The van der Waals surface area contributed by atoms with Crippen molar-refractivity contribution in [3.8, 4) is 0 Å². The topological polar surface area (TPSA) is 20.3 Å². The second-order valence-corrected chi connectivity index (χ2v) is 5.36. The molecular weight excluding hydrogens is 290 g/mol. The molecule has 2 nitrogen and oxygen atoms in total. The minimum atomic E-state index is -3.79. The largest absolute Gasteiger partial charge is 0.306 e. The quantitative estimate of drug-likeness (QED) is 0.729. The molecule has 2 aromatic rings. The molecule has 0 bridgehead atoms. The first-order valence-corrected chi connectivity index (χ1v) is 7.06. The van der Waals surface area contributed by atoms with Gasteiger partial charge in [-0.1, -0.05) is 29.7 Å². The maximum atomic E-state index is 13.2. The lowest BCUT2D eigenvalue weighted by atomic mass is 9.88. The summed E-state index contributed by atoms with van der Waals surface area (Å²) >= 11 is 0.448. The van der Waals surface area contributed by atoms with Gasteiger partial charge in [0.1, 0.15) is 0 Å². The zero-order chi connectivity index (χ0) is 30.0. The number of ketones is 1. The Bertz CT molecular complexity index is 1440. The fourth-order valence-electron chi connectivity index (χ4n) is 2.32. The van der Waals surface area contributed by atoms with Crippen LogP contribution in [0.15, 0.2) is 41.1 Å². The van der Waals surface area contributed by atoms with E-state index in [0.717, 1.165) is 0 Å². The number of likely N-dealkylation sites (tertiary alicyclic amines) is 1. The third-order valence-corrected chi connectivity index (χ3v) is 4.09. The van der Waals surface area contributed by atoms with Crippen molar-refractivity contribution in [2.24, 2.45) is 0 Å². The van der Waals surface area contributed by atoms with Crippen molar-refractivity contribution in [2.75, 3.05) is 20.0 Å². The van der Waals surface area contributed by atoms with Crippen LogP contribution in [0.1, 0.15) is 62.4 Å². The van der Waals surface area contributed by atoms with Gasteiger partial charge in [-0.05, 0) is 47.8 Å². The Kier molecular flexibility index (Phi) is 1.16. The predicted molar refractivity (Wildman–Crippen MR) is 91.5 cm³/mol. The van der Waals surface area contributed by atoms with Gasteiger partial charge in [-0.25, -0.2) is 0 Å². The number of fused-ring (bicyclic) bond motifs is 2. The van der Waals surface area contributed by atoms with Gasteiger partial charge >= 0.3 is 0 Å². The number of rotatable bonds is 0. The van der Waals surface area contributed by atoms with E-state index in [0.29, 0.717) is 11.3 Å². The molecule has 1 aromatic carbocycles. The van der Waals surface area contributed by atoms with Crippen LogP contribution in [0.2, 0.25) is 0 Å². The molecule has 0 radical (unpaired) electrons. The van der Waals surface area contributed by atoms with Crippen LogP contribution in [0, 0.1) is 0 Å². The summed E-state index contributed by atoms with van der Waals surface area (Å²) in [5, 5.41) is -0.539. The number of benzene rings is 1. The van der Waals surface area contributed by atoms with Crippen LogP contribution >= 0.6 is 11.3 Å². The second-order valence-electron chi connectivity index (χ2n) is 4.55. The van der Waals surface area contributed by atoms with Crippen molar-refractivity contribution in [2.45, 2.75) is 19.2 Å². The molecule has 0 saturated carbocycles. The standard InChI is InChI=1S/C19H19NOS/c1-20-9-6-13(7-10-20)18-15-5-3-2-4-14(15)12-17(21)19-16(18)8-11-22-19/h2-5,8,11H,6-7,9-10,12H2,1H3/i1D3,2D,3D,4D,5D,6D2,7D2,8D,9D2,10D2,11D. The summed E-state index contributed by atoms with van der Waals surface area (Å²) in [6, 6.07) is -4.04. The minimum absolute atomic E-state index is 0.397. The summed E-state index contributed by atoms with van der Waals surface area (Å²) in [5.41, 5.74) is -3.97. The average molecular weight is 327 g/mol. The average Bonchev–Trinajstić information content (AvgIpc) is 2.99. The van der Waals surface area contributed by atoms with E-state index in [4.69, 9.17) is 23.3 Å². The summed E-state index contributed by atoms with van der Waals surface area (Å²) in [7, 11) is 0. The van der Waals surface area contributed by atoms with Crippen LogP contribution in [-0.2, 0) is 6.42 Å². The lowest BCUT2D eigenvalue weighted by Gasteiger charge is -2.27. The molecule has 0 N–H and O–H groups in total. The van der Waals surface area contributed by atoms with E-state index in [9.17, 15) is 4.79 Å². The summed E-state index contributed by atoms with van der Waals surface area (Å²) in [6.45, 7) is -11.3. The number of thiophene rings is 1. The van der Waals surface area contributed by atoms with E-state index < -0.39 is 118 Å². The van der Waals surface area contributed by atoms with Gasteiger partial charge in [0.05, 0.1) is 13.1 Å². The van der Waals surface area contributed by atoms with E-state index in [1.165, 1.54) is 0 Å². The number of hydrogen-bond acceptors (Lipinski definition) is 3. The number of piperidine rings is 1. The number of carbonyl (C=O) groups excluding carboxylic acids is 1. The van der Waals surface area contributed by atoms with Crippen LogP contribution in [0.25, 0.3) is 5.57 Å². The Balaban J connectivity index is 2.37. The number of hydrogen-bond donors (Lipinski definition) is 0. The minimum Gasteiger partial charge on any atom is -0.306 e. The van der Waals surface area contributed by atoms with Crippen molar-refractivity contribution in [3.05, 3.63) is 62.7 Å². The highest BCUT2D eigenvalue weighted by molar-refractivity contribution is 7.12. The van der Waals surface area contributed by atoms with E-state index in [1.807, 2.05) is 0 Å². The Labute approximate surface area is 159 Å². The van der Waals surface area contributed by atoms with Gasteiger partial charge in [0.15, 0.2) is 5.78 Å². The molecule has 112 valence electrons. The van der Waals surface area contributed by atoms with Gasteiger partial charge < -0.3 is 4.90 Å². The molecule has 0 spiro atoms. The third-order valence-electron chi connectivity index (χ3n) is 3.25. The van der Waals surface area contributed by atoms with Gasteiger partial charge in [0.25, 0.3) is 0 Å². The Morgan fingerprint density at radius 1 is 1.23 bits per heavy atom. The summed E-state index contributed by atoms with van der Waals surface area (Å²) < 4.78 is 141. The van der Waals surface area contributed by atoms with Crippen LogP contribution < -0.4 is 0 Å². The molecule has 0 amide bonds. The lowest BCUT2D eigenvalue weighted by molar-refractivity contribution is 0.0997. The highest BCUT2D eigenvalue weighted by Gasteiger charge is 2.27. The molecule has 2 heterocycles. The summed E-state index contributed by atoms with van der Waals surface area (Å²) in [6.07, 6.45) is -8.16. The molecule has 0 atom stereocenters. The van der Waals surface area contributed by atoms with E-state index in [2.05, 4.69) is 0 Å². The van der Waals surface area contributed by atoms with Crippen molar-refractivity contribution in [1.82, 2.24) is 4.90 Å². The molecule has 2 aliphatic rings. The zero-order valence-electron chi connectivity index (χ0n) is 28.0.